The molecule has 0 saturated carbocycles. The van der Waals surface area contributed by atoms with Crippen molar-refractivity contribution in [3.8, 4) is 23.0 Å². The lowest BCUT2D eigenvalue weighted by Crippen LogP contribution is -2.42. The van der Waals surface area contributed by atoms with Crippen LogP contribution in [-0.2, 0) is 8.23 Å². The molecule has 0 saturated heterocycles. The van der Waals surface area contributed by atoms with Gasteiger partial charge in [0.05, 0.1) is 24.3 Å². The summed E-state index contributed by atoms with van der Waals surface area (Å²) in [5.41, 5.74) is 1.51. The maximum absolute atomic E-state index is 12.9. The van der Waals surface area contributed by atoms with Crippen molar-refractivity contribution in [3.05, 3.63) is 83.4 Å². The van der Waals surface area contributed by atoms with Gasteiger partial charge in [0, 0.05) is 0 Å². The first-order valence-electron chi connectivity index (χ1n) is 20.1. The van der Waals surface area contributed by atoms with E-state index in [9.17, 15) is 9.59 Å². The number of rotatable bonds is 24. The van der Waals surface area contributed by atoms with Crippen molar-refractivity contribution in [2.24, 2.45) is 0 Å². The predicted molar refractivity (Wildman–Crippen MR) is 235 cm³/mol. The van der Waals surface area contributed by atoms with Gasteiger partial charge in [0.2, 0.25) is 0 Å². The molecule has 0 radical (unpaired) electrons. The van der Waals surface area contributed by atoms with Gasteiger partial charge in [-0.2, -0.15) is 0 Å². The predicted octanol–water partition coefficient (Wildman–Crippen LogP) is 12.4. The summed E-state index contributed by atoms with van der Waals surface area (Å²) in [5, 5.41) is 0. The van der Waals surface area contributed by atoms with Crippen LogP contribution in [0.25, 0.3) is 0 Å². The molecular weight excluding hydrogens is 757 g/mol. The third-order valence-corrected chi connectivity index (χ3v) is 21.2. The van der Waals surface area contributed by atoms with E-state index in [1.54, 1.807) is 73.7 Å². The van der Waals surface area contributed by atoms with E-state index in [4.69, 9.17) is 27.2 Å². The quantitative estimate of drug-likeness (QED) is 0.0382. The summed E-state index contributed by atoms with van der Waals surface area (Å²) in [5.74, 6) is 1.26. The molecule has 0 aromatic heterocycles. The minimum atomic E-state index is -1.57. The number of hydrogen-bond donors (Lipinski definition) is 0. The molecule has 12 heteroatoms. The summed E-state index contributed by atoms with van der Waals surface area (Å²) in [4.78, 5) is 25.7. The van der Waals surface area contributed by atoms with Crippen LogP contribution in [0.3, 0.4) is 0 Å². The molecule has 0 aliphatic carbocycles. The van der Waals surface area contributed by atoms with E-state index in [0.29, 0.717) is 41.4 Å². The Morgan fingerprint density at radius 2 is 0.855 bits per heavy atom. The number of benzene rings is 3. The molecule has 8 nitrogen and oxygen atoms in total. The lowest BCUT2D eigenvalue weighted by molar-refractivity contribution is 0.0718. The van der Waals surface area contributed by atoms with Crippen molar-refractivity contribution in [1.29, 1.82) is 0 Å². The molecule has 0 aliphatic rings. The fraction of sp³-hybridized carbons (Fsp3) is 0.535. The zero-order valence-electron chi connectivity index (χ0n) is 35.6. The van der Waals surface area contributed by atoms with Crippen LogP contribution < -0.4 is 18.9 Å². The lowest BCUT2D eigenvalue weighted by Gasteiger charge is -2.31. The summed E-state index contributed by atoms with van der Waals surface area (Å²) >= 11 is 0. The van der Waals surface area contributed by atoms with Crippen LogP contribution in [0.5, 0.6) is 23.0 Å². The first kappa shape index (κ1) is 46.4. The fourth-order valence-electron chi connectivity index (χ4n) is 6.65. The number of ether oxygens (including phenoxy) is 4. The highest BCUT2D eigenvalue weighted by Crippen LogP contribution is 2.27. The maximum atomic E-state index is 12.9. The molecule has 0 unspecified atom stereocenters. The molecule has 3 rings (SSSR count). The van der Waals surface area contributed by atoms with Gasteiger partial charge in [0.25, 0.3) is 0 Å². The van der Waals surface area contributed by atoms with Crippen LogP contribution in [0.15, 0.2) is 66.7 Å². The van der Waals surface area contributed by atoms with Gasteiger partial charge in [0.1, 0.15) is 23.0 Å². The molecule has 55 heavy (non-hydrogen) atoms. The Bertz CT molecular complexity index is 1630. The molecular formula is C43H68O8Si4. The summed E-state index contributed by atoms with van der Waals surface area (Å²) in [6, 6.07) is 21.4. The Morgan fingerprint density at radius 1 is 0.473 bits per heavy atom. The van der Waals surface area contributed by atoms with E-state index in [1.807, 2.05) is 0 Å². The van der Waals surface area contributed by atoms with Crippen molar-refractivity contribution >= 4 is 45.2 Å². The van der Waals surface area contributed by atoms with Crippen molar-refractivity contribution < 1.29 is 36.8 Å². The first-order valence-corrected chi connectivity index (χ1v) is 33.2. The van der Waals surface area contributed by atoms with E-state index in [0.717, 1.165) is 37.2 Å². The Kier molecular flexibility index (Phi) is 18.1. The monoisotopic (exact) mass is 824 g/mol. The smallest absolute Gasteiger partial charge is 0.343 e. The Morgan fingerprint density at radius 3 is 1.25 bits per heavy atom. The maximum Gasteiger partial charge on any atom is 0.343 e. The number of carbonyl (C=O) groups excluding carboxylic acids is 2. The van der Waals surface area contributed by atoms with Crippen molar-refractivity contribution in [3.63, 3.8) is 0 Å². The third-order valence-electron chi connectivity index (χ3n) is 8.79. The molecule has 0 aliphatic heterocycles. The molecule has 0 bridgehead atoms. The number of unbranched alkanes of at least 4 members (excludes halogenated alkanes) is 6. The van der Waals surface area contributed by atoms with Crippen LogP contribution in [0.2, 0.25) is 77.6 Å². The van der Waals surface area contributed by atoms with Gasteiger partial charge in [0.15, 0.2) is 33.3 Å². The van der Waals surface area contributed by atoms with E-state index in [1.165, 1.54) is 37.8 Å². The van der Waals surface area contributed by atoms with Gasteiger partial charge in [-0.15, -0.1) is 0 Å². The SMILES string of the molecule is Cc1cc(OC(=O)c2ccc(OCCCCCC[Si](C)(C)O[Si](C)(C)C)cc2)ccc1OC(=O)c1ccc(OCCCCCC[Si](C)(C)O[Si](C)(C)C)cc1. The van der Waals surface area contributed by atoms with Crippen LogP contribution in [0.1, 0.15) is 77.6 Å². The second-order valence-electron chi connectivity index (χ2n) is 17.7. The van der Waals surface area contributed by atoms with Gasteiger partial charge < -0.3 is 27.2 Å². The van der Waals surface area contributed by atoms with Crippen molar-refractivity contribution in [1.82, 2.24) is 0 Å². The van der Waals surface area contributed by atoms with Gasteiger partial charge in [-0.25, -0.2) is 9.59 Å². The highest BCUT2D eigenvalue weighted by molar-refractivity contribution is 6.84. The summed E-state index contributed by atoms with van der Waals surface area (Å²) < 4.78 is 36.0. The fourth-order valence-corrected chi connectivity index (χ4v) is 22.9. The second-order valence-corrected chi connectivity index (χ2v) is 35.8. The van der Waals surface area contributed by atoms with E-state index < -0.39 is 45.2 Å². The summed E-state index contributed by atoms with van der Waals surface area (Å²) in [7, 11) is -6.09. The summed E-state index contributed by atoms with van der Waals surface area (Å²) in [6.07, 6.45) is 9.00. The second kappa shape index (κ2) is 21.5. The largest absolute Gasteiger partial charge is 0.494 e. The van der Waals surface area contributed by atoms with Gasteiger partial charge in [-0.3, -0.25) is 0 Å². The van der Waals surface area contributed by atoms with Crippen molar-refractivity contribution in [2.75, 3.05) is 13.2 Å². The number of aryl methyl sites for hydroxylation is 1. The van der Waals surface area contributed by atoms with Crippen LogP contribution in [0.4, 0.5) is 0 Å². The normalized spacial score (nSPS) is 12.3. The number of esters is 2. The van der Waals surface area contributed by atoms with Crippen LogP contribution in [0, 0.1) is 6.92 Å². The molecule has 3 aromatic carbocycles. The molecule has 0 fully saturated rings. The average Bonchev–Trinajstić information content (AvgIpc) is 3.07. The molecule has 0 spiro atoms. The van der Waals surface area contributed by atoms with Crippen LogP contribution >= 0.6 is 0 Å². The molecule has 0 N–H and O–H groups in total. The Labute approximate surface area is 336 Å². The van der Waals surface area contributed by atoms with E-state index >= 15 is 0 Å². The molecule has 0 atom stereocenters. The van der Waals surface area contributed by atoms with E-state index in [2.05, 4.69) is 65.5 Å². The highest BCUT2D eigenvalue weighted by Gasteiger charge is 2.29. The Hall–Kier alpha value is -3.01. The average molecular weight is 825 g/mol. The third kappa shape index (κ3) is 19.1. The Balaban J connectivity index is 1.34. The lowest BCUT2D eigenvalue weighted by atomic mass is 10.2. The zero-order chi connectivity index (χ0) is 40.7. The van der Waals surface area contributed by atoms with E-state index in [-0.39, 0.29) is 0 Å². The first-order chi connectivity index (χ1) is 25.7. The molecule has 0 amide bonds. The minimum absolute atomic E-state index is 0.365. The zero-order valence-corrected chi connectivity index (χ0v) is 39.6. The topological polar surface area (TPSA) is 89.5 Å². The molecule has 3 aromatic rings. The molecule has 0 heterocycles. The van der Waals surface area contributed by atoms with Crippen LogP contribution in [-0.4, -0.2) is 58.4 Å². The number of carbonyl (C=O) groups is 2. The van der Waals surface area contributed by atoms with Gasteiger partial charge >= 0.3 is 11.9 Å². The number of hydrogen-bond acceptors (Lipinski definition) is 8. The van der Waals surface area contributed by atoms with Gasteiger partial charge in [-0.05, 0) is 170 Å². The highest BCUT2D eigenvalue weighted by atomic mass is 28.4. The standard InChI is InChI=1S/C43H68O8Si4/c1-35-34-40(48-42(44)36-20-24-38(25-21-36)46-30-16-12-14-18-32-54(8,9)50-52(2,3)4)28-29-41(35)49-43(45)37-22-26-39(27-23-37)47-31-17-13-15-19-33-55(10,11)51-53(5,6)7/h20-29,34H,12-19,30-33H2,1-11H3. The minimum Gasteiger partial charge on any atom is -0.494 e. The van der Waals surface area contributed by atoms with Gasteiger partial charge in [-0.1, -0.05) is 38.5 Å². The van der Waals surface area contributed by atoms with Crippen molar-refractivity contribution in [2.45, 2.75) is 136 Å². The summed E-state index contributed by atoms with van der Waals surface area (Å²) in [6.45, 7) is 26.0. The molecule has 304 valence electrons.